The molecular weight excluding hydrogens is 629 g/mol. The summed E-state index contributed by atoms with van der Waals surface area (Å²) in [5, 5.41) is 9.96. The summed E-state index contributed by atoms with van der Waals surface area (Å²) in [5.41, 5.74) is 14.7. The van der Waals surface area contributed by atoms with Crippen LogP contribution in [0.4, 0.5) is 0 Å². The molecular formula is C51H34O. The van der Waals surface area contributed by atoms with Gasteiger partial charge in [-0.3, -0.25) is 0 Å². The van der Waals surface area contributed by atoms with Crippen LogP contribution in [-0.4, -0.2) is 0 Å². The maximum Gasteiger partial charge on any atom is 0.135 e. The van der Waals surface area contributed by atoms with Gasteiger partial charge in [-0.2, -0.15) is 0 Å². The normalized spacial score (nSPS) is 13.3. The van der Waals surface area contributed by atoms with Crippen molar-refractivity contribution >= 4 is 54.3 Å². The summed E-state index contributed by atoms with van der Waals surface area (Å²) >= 11 is 0. The molecule has 10 aromatic rings. The second-order valence-electron chi connectivity index (χ2n) is 14.8. The van der Waals surface area contributed by atoms with Crippen molar-refractivity contribution in [3.63, 3.8) is 0 Å². The third-order valence-corrected chi connectivity index (χ3v) is 11.6. The summed E-state index contributed by atoms with van der Waals surface area (Å²) in [6.07, 6.45) is 0. The minimum absolute atomic E-state index is 0.165. The van der Waals surface area contributed by atoms with Crippen LogP contribution >= 0.6 is 0 Å². The van der Waals surface area contributed by atoms with Crippen molar-refractivity contribution < 1.29 is 4.42 Å². The van der Waals surface area contributed by atoms with E-state index in [1.54, 1.807) is 0 Å². The molecule has 0 spiro atoms. The van der Waals surface area contributed by atoms with Crippen LogP contribution < -0.4 is 0 Å². The SMILES string of the molecule is CC1(C)c2cc3ccccc3cc2-c2cccc(-c3c4ccccc4c(-c4cccc(-c5ccc6oc7ccccc7c6c5)c4)c4ccccc34)c21. The Morgan fingerprint density at radius 3 is 1.67 bits per heavy atom. The third-order valence-electron chi connectivity index (χ3n) is 11.6. The van der Waals surface area contributed by atoms with Gasteiger partial charge in [0.2, 0.25) is 0 Å². The fourth-order valence-corrected chi connectivity index (χ4v) is 9.26. The lowest BCUT2D eigenvalue weighted by molar-refractivity contribution is 0.663. The molecule has 0 radical (unpaired) electrons. The quantitative estimate of drug-likeness (QED) is 0.172. The average Bonchev–Trinajstić information content (AvgIpc) is 3.67. The molecule has 11 rings (SSSR count). The van der Waals surface area contributed by atoms with Crippen molar-refractivity contribution in [1.29, 1.82) is 0 Å². The highest BCUT2D eigenvalue weighted by Crippen LogP contribution is 2.55. The van der Waals surface area contributed by atoms with Gasteiger partial charge >= 0.3 is 0 Å². The van der Waals surface area contributed by atoms with Crippen molar-refractivity contribution in [3.8, 4) is 44.5 Å². The van der Waals surface area contributed by atoms with Gasteiger partial charge in [0, 0.05) is 16.2 Å². The van der Waals surface area contributed by atoms with Crippen LogP contribution in [0.25, 0.3) is 98.8 Å². The first-order valence-electron chi connectivity index (χ1n) is 18.2. The fourth-order valence-electron chi connectivity index (χ4n) is 9.26. The van der Waals surface area contributed by atoms with Gasteiger partial charge in [-0.15, -0.1) is 0 Å². The first kappa shape index (κ1) is 29.3. The van der Waals surface area contributed by atoms with Gasteiger partial charge in [0.05, 0.1) is 0 Å². The highest BCUT2D eigenvalue weighted by molar-refractivity contribution is 6.22. The molecule has 0 atom stereocenters. The van der Waals surface area contributed by atoms with Crippen molar-refractivity contribution in [1.82, 2.24) is 0 Å². The Kier molecular flexibility index (Phi) is 6.08. The van der Waals surface area contributed by atoms with E-state index in [1.165, 1.54) is 88.0 Å². The second kappa shape index (κ2) is 10.8. The Balaban J connectivity index is 1.14. The summed E-state index contributed by atoms with van der Waals surface area (Å²) in [4.78, 5) is 0. The van der Waals surface area contributed by atoms with Gasteiger partial charge in [-0.05, 0) is 124 Å². The number of furan rings is 1. The summed E-state index contributed by atoms with van der Waals surface area (Å²) in [5.74, 6) is 0. The average molecular weight is 663 g/mol. The molecule has 0 aliphatic heterocycles. The molecule has 0 bridgehead atoms. The largest absolute Gasteiger partial charge is 0.456 e. The molecule has 52 heavy (non-hydrogen) atoms. The van der Waals surface area contributed by atoms with Gasteiger partial charge in [-0.25, -0.2) is 0 Å². The molecule has 1 aliphatic rings. The Labute approximate surface area is 302 Å². The molecule has 0 saturated heterocycles. The first-order valence-corrected chi connectivity index (χ1v) is 18.2. The van der Waals surface area contributed by atoms with Crippen molar-refractivity contribution in [2.24, 2.45) is 0 Å². The zero-order chi connectivity index (χ0) is 34.6. The predicted molar refractivity (Wildman–Crippen MR) is 220 cm³/mol. The number of rotatable bonds is 3. The molecule has 0 N–H and O–H groups in total. The predicted octanol–water partition coefficient (Wildman–Crippen LogP) is 14.4. The number of para-hydroxylation sites is 1. The van der Waals surface area contributed by atoms with Gasteiger partial charge in [-0.1, -0.05) is 147 Å². The molecule has 0 amide bonds. The van der Waals surface area contributed by atoms with Crippen LogP contribution in [0, 0.1) is 0 Å². The number of fused-ring (bicyclic) bond motifs is 9. The second-order valence-corrected chi connectivity index (χ2v) is 14.8. The van der Waals surface area contributed by atoms with Gasteiger partial charge < -0.3 is 4.42 Å². The zero-order valence-electron chi connectivity index (χ0n) is 29.1. The van der Waals surface area contributed by atoms with E-state index in [0.29, 0.717) is 0 Å². The van der Waals surface area contributed by atoms with E-state index in [2.05, 4.69) is 172 Å². The summed E-state index contributed by atoms with van der Waals surface area (Å²) in [7, 11) is 0. The molecule has 1 heteroatoms. The van der Waals surface area contributed by atoms with Crippen LogP contribution in [0.2, 0.25) is 0 Å². The van der Waals surface area contributed by atoms with Crippen LogP contribution in [0.1, 0.15) is 25.0 Å². The monoisotopic (exact) mass is 662 g/mol. The van der Waals surface area contributed by atoms with E-state index in [4.69, 9.17) is 4.42 Å². The highest BCUT2D eigenvalue weighted by Gasteiger charge is 2.38. The molecule has 9 aromatic carbocycles. The molecule has 0 saturated carbocycles. The van der Waals surface area contributed by atoms with Crippen molar-refractivity contribution in [2.45, 2.75) is 19.3 Å². The van der Waals surface area contributed by atoms with E-state index >= 15 is 0 Å². The van der Waals surface area contributed by atoms with Crippen LogP contribution in [-0.2, 0) is 5.41 Å². The van der Waals surface area contributed by atoms with Crippen molar-refractivity contribution in [3.05, 3.63) is 181 Å². The smallest absolute Gasteiger partial charge is 0.135 e. The van der Waals surface area contributed by atoms with E-state index in [-0.39, 0.29) is 5.41 Å². The molecule has 0 unspecified atom stereocenters. The van der Waals surface area contributed by atoms with Crippen LogP contribution in [0.5, 0.6) is 0 Å². The molecule has 1 heterocycles. The number of hydrogen-bond donors (Lipinski definition) is 0. The Morgan fingerprint density at radius 2 is 0.923 bits per heavy atom. The highest BCUT2D eigenvalue weighted by atomic mass is 16.3. The van der Waals surface area contributed by atoms with E-state index in [0.717, 1.165) is 21.9 Å². The lowest BCUT2D eigenvalue weighted by Gasteiger charge is -2.26. The van der Waals surface area contributed by atoms with Crippen LogP contribution in [0.15, 0.2) is 174 Å². The maximum atomic E-state index is 6.16. The molecule has 1 nitrogen and oxygen atoms in total. The van der Waals surface area contributed by atoms with E-state index in [1.807, 2.05) is 12.1 Å². The van der Waals surface area contributed by atoms with Gasteiger partial charge in [0.1, 0.15) is 11.2 Å². The van der Waals surface area contributed by atoms with Crippen LogP contribution in [0.3, 0.4) is 0 Å². The lowest BCUT2D eigenvalue weighted by atomic mass is 9.76. The minimum Gasteiger partial charge on any atom is -0.456 e. The number of benzene rings is 9. The molecule has 1 aliphatic carbocycles. The van der Waals surface area contributed by atoms with Gasteiger partial charge in [0.25, 0.3) is 0 Å². The summed E-state index contributed by atoms with van der Waals surface area (Å²) < 4.78 is 6.16. The Morgan fingerprint density at radius 1 is 0.365 bits per heavy atom. The summed E-state index contributed by atoms with van der Waals surface area (Å²) in [6.45, 7) is 4.81. The Bertz CT molecular complexity index is 3040. The van der Waals surface area contributed by atoms with E-state index in [9.17, 15) is 0 Å². The number of hydrogen-bond acceptors (Lipinski definition) is 1. The maximum absolute atomic E-state index is 6.16. The molecule has 244 valence electrons. The third kappa shape index (κ3) is 4.11. The summed E-state index contributed by atoms with van der Waals surface area (Å²) in [6, 6.07) is 62.5. The first-order chi connectivity index (χ1) is 25.5. The molecule has 0 fully saturated rings. The Hall–Kier alpha value is -6.44. The topological polar surface area (TPSA) is 13.1 Å². The minimum atomic E-state index is -0.165. The fraction of sp³-hybridized carbons (Fsp3) is 0.0588. The van der Waals surface area contributed by atoms with Gasteiger partial charge in [0.15, 0.2) is 0 Å². The zero-order valence-corrected chi connectivity index (χ0v) is 29.1. The standard InChI is InChI=1S/C51H34O/c1-51(2)45-30-33-14-4-3-13-32(33)28-43(45)41-22-12-23-42(50(41)51)49-39-20-7-5-18-37(39)48(38-19-6-8-21-40(38)49)35-16-11-15-31(27-35)34-25-26-47-44(29-34)36-17-9-10-24-46(36)52-47/h3-30H,1-2H3. The van der Waals surface area contributed by atoms with Crippen molar-refractivity contribution in [2.75, 3.05) is 0 Å². The van der Waals surface area contributed by atoms with E-state index < -0.39 is 0 Å². The molecule has 1 aromatic heterocycles. The lowest BCUT2D eigenvalue weighted by Crippen LogP contribution is -2.16.